The second-order valence-electron chi connectivity index (χ2n) is 6.70. The number of thiocarbonyl (C=S) groups is 1. The molecular formula is C16H25NS. The van der Waals surface area contributed by atoms with Crippen molar-refractivity contribution < 1.29 is 0 Å². The van der Waals surface area contributed by atoms with E-state index < -0.39 is 0 Å². The number of aliphatic imine (C=N–C) groups is 1. The highest BCUT2D eigenvalue weighted by Gasteiger charge is 2.45. The van der Waals surface area contributed by atoms with Crippen molar-refractivity contribution >= 4 is 17.4 Å². The minimum Gasteiger partial charge on any atom is -0.226 e. The molecule has 2 heteroatoms. The molecule has 0 aromatic rings. The Hall–Kier alpha value is -0.460. The molecule has 1 fully saturated rings. The van der Waals surface area contributed by atoms with Crippen LogP contribution in [0.3, 0.4) is 0 Å². The predicted octanol–water partition coefficient (Wildman–Crippen LogP) is 4.89. The van der Waals surface area contributed by atoms with Crippen LogP contribution in [0.5, 0.6) is 0 Å². The Morgan fingerprint density at radius 2 is 2.17 bits per heavy atom. The van der Waals surface area contributed by atoms with Crippen molar-refractivity contribution in [2.24, 2.45) is 28.7 Å². The molecule has 100 valence electrons. The van der Waals surface area contributed by atoms with E-state index in [0.29, 0.717) is 17.8 Å². The van der Waals surface area contributed by atoms with Gasteiger partial charge < -0.3 is 0 Å². The molecule has 0 saturated heterocycles. The smallest absolute Gasteiger partial charge is 0.0719 e. The maximum Gasteiger partial charge on any atom is 0.0719 e. The van der Waals surface area contributed by atoms with Gasteiger partial charge in [-0.1, -0.05) is 32.4 Å². The van der Waals surface area contributed by atoms with Gasteiger partial charge in [-0.15, -0.1) is 0 Å². The van der Waals surface area contributed by atoms with Gasteiger partial charge in [0.25, 0.3) is 0 Å². The second kappa shape index (κ2) is 5.27. The molecule has 0 unspecified atom stereocenters. The molecule has 0 aromatic heterocycles. The number of fused-ring (bicyclic) bond motifs is 1. The first-order valence-corrected chi connectivity index (χ1v) is 7.68. The fourth-order valence-corrected chi connectivity index (χ4v) is 4.08. The highest BCUT2D eigenvalue weighted by molar-refractivity contribution is 7.78. The minimum atomic E-state index is 0.0182. The third-order valence-electron chi connectivity index (χ3n) is 5.22. The highest BCUT2D eigenvalue weighted by atomic mass is 32.1. The van der Waals surface area contributed by atoms with Crippen LogP contribution in [0, 0.1) is 23.7 Å². The van der Waals surface area contributed by atoms with Gasteiger partial charge in [0.15, 0.2) is 0 Å². The zero-order valence-electron chi connectivity index (χ0n) is 12.1. The Bertz CT molecular complexity index is 392. The lowest BCUT2D eigenvalue weighted by Gasteiger charge is -2.33. The maximum atomic E-state index is 4.89. The lowest BCUT2D eigenvalue weighted by atomic mass is 9.76. The first-order valence-electron chi connectivity index (χ1n) is 7.27. The number of allylic oxidation sites excluding steroid dienone is 2. The van der Waals surface area contributed by atoms with E-state index in [0.717, 1.165) is 12.3 Å². The van der Waals surface area contributed by atoms with Crippen LogP contribution in [0.25, 0.3) is 0 Å². The molecule has 0 radical (unpaired) electrons. The number of hydrogen-bond donors (Lipinski definition) is 0. The zero-order valence-corrected chi connectivity index (χ0v) is 12.9. The van der Waals surface area contributed by atoms with Crippen molar-refractivity contribution in [2.45, 2.75) is 58.9 Å². The van der Waals surface area contributed by atoms with Crippen molar-refractivity contribution in [3.8, 4) is 0 Å². The van der Waals surface area contributed by atoms with Crippen LogP contribution in [-0.4, -0.2) is 10.7 Å². The van der Waals surface area contributed by atoms with Crippen LogP contribution in [0.2, 0.25) is 0 Å². The first kappa shape index (κ1) is 14.0. The number of isothiocyanates is 1. The number of nitrogens with zero attached hydrogens (tertiary/aromatic N) is 1. The number of rotatable bonds is 2. The van der Waals surface area contributed by atoms with E-state index >= 15 is 0 Å². The zero-order chi connectivity index (χ0) is 13.3. The van der Waals surface area contributed by atoms with E-state index in [2.05, 4.69) is 43.9 Å². The third-order valence-corrected chi connectivity index (χ3v) is 5.31. The molecule has 0 spiro atoms. The normalized spacial score (nSPS) is 39.8. The quantitative estimate of drug-likeness (QED) is 0.393. The molecule has 0 amide bonds. The molecule has 4 atom stereocenters. The molecule has 1 saturated carbocycles. The van der Waals surface area contributed by atoms with Crippen LogP contribution in [-0.2, 0) is 0 Å². The highest BCUT2D eigenvalue weighted by Crippen LogP contribution is 2.50. The summed E-state index contributed by atoms with van der Waals surface area (Å²) >= 11 is 4.89. The molecule has 18 heavy (non-hydrogen) atoms. The summed E-state index contributed by atoms with van der Waals surface area (Å²) in [6.45, 7) is 9.31. The SMILES string of the molecule is CC(C)C1=C[C@H]2[C@H](C)CC[C@@H]2[C@@](C)(N=C=S)CC1. The summed E-state index contributed by atoms with van der Waals surface area (Å²) in [5.41, 5.74) is 1.65. The van der Waals surface area contributed by atoms with Gasteiger partial charge in [-0.3, -0.25) is 0 Å². The molecule has 1 nitrogen and oxygen atoms in total. The van der Waals surface area contributed by atoms with E-state index in [1.165, 1.54) is 19.3 Å². The minimum absolute atomic E-state index is 0.0182. The van der Waals surface area contributed by atoms with Crippen molar-refractivity contribution in [1.29, 1.82) is 0 Å². The molecule has 0 aromatic carbocycles. The summed E-state index contributed by atoms with van der Waals surface area (Å²) in [7, 11) is 0. The van der Waals surface area contributed by atoms with Gasteiger partial charge >= 0.3 is 0 Å². The summed E-state index contributed by atoms with van der Waals surface area (Å²) in [4.78, 5) is 4.58. The summed E-state index contributed by atoms with van der Waals surface area (Å²) in [6.07, 6.45) is 7.52. The number of hydrogen-bond acceptors (Lipinski definition) is 2. The van der Waals surface area contributed by atoms with Crippen LogP contribution in [0.4, 0.5) is 0 Å². The maximum absolute atomic E-state index is 4.89. The summed E-state index contributed by atoms with van der Waals surface area (Å²) in [6, 6.07) is 0. The van der Waals surface area contributed by atoms with Crippen molar-refractivity contribution in [3.05, 3.63) is 11.6 Å². The predicted molar refractivity (Wildman–Crippen MR) is 81.0 cm³/mol. The molecule has 2 aliphatic carbocycles. The van der Waals surface area contributed by atoms with Crippen molar-refractivity contribution in [1.82, 2.24) is 0 Å². The molecule has 0 bridgehead atoms. The summed E-state index contributed by atoms with van der Waals surface area (Å²) < 4.78 is 0. The van der Waals surface area contributed by atoms with Crippen LogP contribution < -0.4 is 0 Å². The molecule has 0 heterocycles. The van der Waals surface area contributed by atoms with Gasteiger partial charge in [0.05, 0.1) is 10.7 Å². The van der Waals surface area contributed by atoms with E-state index in [9.17, 15) is 0 Å². The van der Waals surface area contributed by atoms with Gasteiger partial charge in [-0.2, -0.15) is 0 Å². The Balaban J connectivity index is 2.37. The second-order valence-corrected chi connectivity index (χ2v) is 6.88. The molecular weight excluding hydrogens is 238 g/mol. The van der Waals surface area contributed by atoms with Gasteiger partial charge in [-0.25, -0.2) is 4.99 Å². The topological polar surface area (TPSA) is 12.4 Å². The average Bonchev–Trinajstić information content (AvgIpc) is 2.59. The van der Waals surface area contributed by atoms with Crippen molar-refractivity contribution in [3.63, 3.8) is 0 Å². The molecule has 0 N–H and O–H groups in total. The van der Waals surface area contributed by atoms with Crippen LogP contribution in [0.15, 0.2) is 16.6 Å². The largest absolute Gasteiger partial charge is 0.226 e. The van der Waals surface area contributed by atoms with Crippen molar-refractivity contribution in [2.75, 3.05) is 0 Å². The van der Waals surface area contributed by atoms with E-state index in [1.54, 1.807) is 5.57 Å². The third kappa shape index (κ3) is 2.46. The summed E-state index contributed by atoms with van der Waals surface area (Å²) in [5, 5.41) is 2.66. The van der Waals surface area contributed by atoms with Crippen LogP contribution >= 0.6 is 12.2 Å². The van der Waals surface area contributed by atoms with Crippen LogP contribution in [0.1, 0.15) is 53.4 Å². The van der Waals surface area contributed by atoms with E-state index in [1.807, 2.05) is 0 Å². The average molecular weight is 263 g/mol. The fraction of sp³-hybridized carbons (Fsp3) is 0.812. The van der Waals surface area contributed by atoms with Gasteiger partial charge in [0, 0.05) is 0 Å². The van der Waals surface area contributed by atoms with E-state index in [-0.39, 0.29) is 5.54 Å². The monoisotopic (exact) mass is 263 g/mol. The Morgan fingerprint density at radius 3 is 2.78 bits per heavy atom. The van der Waals surface area contributed by atoms with E-state index in [4.69, 9.17) is 12.2 Å². The van der Waals surface area contributed by atoms with Gasteiger partial charge in [0.2, 0.25) is 0 Å². The van der Waals surface area contributed by atoms with Gasteiger partial charge in [0.1, 0.15) is 0 Å². The van der Waals surface area contributed by atoms with Gasteiger partial charge in [-0.05, 0) is 68.5 Å². The Kier molecular flexibility index (Phi) is 4.08. The molecule has 2 rings (SSSR count). The fourth-order valence-electron chi connectivity index (χ4n) is 3.87. The lowest BCUT2D eigenvalue weighted by Crippen LogP contribution is -2.34. The lowest BCUT2D eigenvalue weighted by molar-refractivity contribution is 0.243. The summed E-state index contributed by atoms with van der Waals surface area (Å²) in [5.74, 6) is 2.82. The standard InChI is InChI=1S/C16H25NS/c1-11(2)13-7-8-16(4,17-10-18)15-6-5-12(3)14(15)9-13/h9,11-12,14-15H,5-8H2,1-4H3/t12-,14+,15+,16+/m1/s1. The Labute approximate surface area is 117 Å². The molecule has 0 aliphatic heterocycles. The first-order chi connectivity index (χ1) is 8.48. The Morgan fingerprint density at radius 1 is 1.44 bits per heavy atom. The molecule has 2 aliphatic rings.